The van der Waals surface area contributed by atoms with E-state index in [1.165, 1.54) is 4.90 Å². The Morgan fingerprint density at radius 3 is 2.53 bits per heavy atom. The Hall–Kier alpha value is -4.64. The Balaban J connectivity index is 1.35. The average molecular weight is 641 g/mol. The van der Waals surface area contributed by atoms with Gasteiger partial charge in [0.05, 0.1) is 25.3 Å². The van der Waals surface area contributed by atoms with Crippen molar-refractivity contribution in [1.29, 1.82) is 0 Å². The molecule has 3 aliphatic heterocycles. The normalized spacial score (nSPS) is 21.1. The molecule has 0 spiro atoms. The monoisotopic (exact) mass is 640 g/mol. The fourth-order valence-electron chi connectivity index (χ4n) is 7.38. The van der Waals surface area contributed by atoms with Crippen LogP contribution in [0.15, 0.2) is 48.5 Å². The van der Waals surface area contributed by atoms with E-state index in [2.05, 4.69) is 11.0 Å². The predicted octanol–water partition coefficient (Wildman–Crippen LogP) is 6.41. The quantitative estimate of drug-likeness (QED) is 0.225. The molecule has 1 aliphatic carbocycles. The maximum absolute atomic E-state index is 15.2. The summed E-state index contributed by atoms with van der Waals surface area (Å²) in [5.74, 6) is 0.729. The van der Waals surface area contributed by atoms with E-state index in [4.69, 9.17) is 24.2 Å². The third-order valence-corrected chi connectivity index (χ3v) is 9.98. The second-order valence-corrected chi connectivity index (χ2v) is 13.1. The number of carboxylic acid groups (broad SMARTS) is 1. The van der Waals surface area contributed by atoms with Gasteiger partial charge in [-0.15, -0.1) is 0 Å². The fourth-order valence-corrected chi connectivity index (χ4v) is 7.38. The minimum atomic E-state index is -0.904. The number of halogens is 1. The van der Waals surface area contributed by atoms with Crippen LogP contribution in [0.3, 0.4) is 0 Å². The first-order valence-corrected chi connectivity index (χ1v) is 16.4. The summed E-state index contributed by atoms with van der Waals surface area (Å²) in [5.41, 5.74) is 4.16. The number of phenols is 1. The van der Waals surface area contributed by atoms with E-state index in [9.17, 15) is 15.0 Å². The van der Waals surface area contributed by atoms with Crippen LogP contribution in [0.5, 0.6) is 17.5 Å². The Morgan fingerprint density at radius 1 is 1.04 bits per heavy atom. The summed E-state index contributed by atoms with van der Waals surface area (Å²) in [4.78, 5) is 25.7. The van der Waals surface area contributed by atoms with Crippen molar-refractivity contribution in [3.05, 3.63) is 71.0 Å². The number of aromatic nitrogens is 2. The smallest absolute Gasteiger partial charge is 0.407 e. The summed E-state index contributed by atoms with van der Waals surface area (Å²) in [6.07, 6.45) is 3.07. The van der Waals surface area contributed by atoms with Gasteiger partial charge in [0.2, 0.25) is 0 Å². The number of aromatic hydroxyl groups is 1. The number of amides is 1. The van der Waals surface area contributed by atoms with Crippen molar-refractivity contribution >= 4 is 22.8 Å². The van der Waals surface area contributed by atoms with Gasteiger partial charge in [0.25, 0.3) is 0 Å². The van der Waals surface area contributed by atoms with Gasteiger partial charge in [0, 0.05) is 42.9 Å². The third-order valence-electron chi connectivity index (χ3n) is 9.98. The van der Waals surface area contributed by atoms with Gasteiger partial charge in [0.15, 0.2) is 5.75 Å². The number of phenolic OH excluding ortho intramolecular Hbond substituents is 1. The molecule has 0 unspecified atom stereocenters. The number of fused-ring (bicyclic) bond motifs is 3. The average Bonchev–Trinajstić information content (AvgIpc) is 3.72. The number of carbonyl (C=O) groups is 1. The molecule has 1 saturated carbocycles. The minimum absolute atomic E-state index is 0.0368. The van der Waals surface area contributed by atoms with Gasteiger partial charge in [-0.2, -0.15) is 9.97 Å². The van der Waals surface area contributed by atoms with Crippen LogP contribution in [-0.2, 0) is 11.3 Å². The van der Waals surface area contributed by atoms with Crippen molar-refractivity contribution in [2.75, 3.05) is 31.2 Å². The molecule has 4 aromatic rings. The van der Waals surface area contributed by atoms with Crippen LogP contribution in [0.4, 0.5) is 15.0 Å². The van der Waals surface area contributed by atoms with Crippen LogP contribution >= 0.6 is 0 Å². The van der Waals surface area contributed by atoms with Gasteiger partial charge < -0.3 is 34.2 Å². The fraction of sp³-hybridized carbons (Fsp3) is 0.417. The zero-order chi connectivity index (χ0) is 32.2. The van der Waals surface area contributed by atoms with Crippen LogP contribution in [0.1, 0.15) is 54.7 Å². The van der Waals surface area contributed by atoms with Gasteiger partial charge in [0.1, 0.15) is 35.6 Å². The molecular formula is C36H37FN4O6. The van der Waals surface area contributed by atoms with E-state index in [1.54, 1.807) is 13.0 Å². The third kappa shape index (κ3) is 5.56. The highest BCUT2D eigenvalue weighted by Crippen LogP contribution is 2.53. The highest BCUT2D eigenvalue weighted by molar-refractivity contribution is 6.01. The molecule has 3 aromatic carbocycles. The lowest BCUT2D eigenvalue weighted by Crippen LogP contribution is -2.48. The minimum Gasteiger partial charge on any atom is -0.508 e. The predicted molar refractivity (Wildman–Crippen MR) is 173 cm³/mol. The SMILES string of the molecule is Cc1c(F)cc(O)cc1-c1c(C2CC2)cc2c(N3C[C@@H]4C[C@H]3CN4C(=O)O)nc(OC3CCOCC3)nc2c1OCc1ccccc1. The van der Waals surface area contributed by atoms with E-state index in [1.807, 2.05) is 30.3 Å². The van der Waals surface area contributed by atoms with E-state index in [0.717, 1.165) is 41.8 Å². The van der Waals surface area contributed by atoms with Crippen molar-refractivity contribution in [3.8, 4) is 28.6 Å². The molecule has 1 aromatic heterocycles. The first-order valence-electron chi connectivity index (χ1n) is 16.4. The zero-order valence-electron chi connectivity index (χ0n) is 26.2. The molecule has 2 N–H and O–H groups in total. The second-order valence-electron chi connectivity index (χ2n) is 13.1. The first-order chi connectivity index (χ1) is 22.8. The van der Waals surface area contributed by atoms with E-state index in [-0.39, 0.29) is 42.5 Å². The van der Waals surface area contributed by atoms with Crippen molar-refractivity contribution in [2.45, 2.75) is 69.7 Å². The lowest BCUT2D eigenvalue weighted by molar-refractivity contribution is 0.0219. The molecule has 2 bridgehead atoms. The summed E-state index contributed by atoms with van der Waals surface area (Å²) >= 11 is 0. The molecule has 4 heterocycles. The zero-order valence-corrected chi connectivity index (χ0v) is 26.2. The molecule has 3 saturated heterocycles. The molecule has 244 valence electrons. The van der Waals surface area contributed by atoms with Gasteiger partial charge >= 0.3 is 12.1 Å². The van der Waals surface area contributed by atoms with Gasteiger partial charge in [-0.25, -0.2) is 9.18 Å². The molecule has 1 amide bonds. The molecule has 4 aliphatic rings. The standard InChI is InChI=1S/C36H37FN4O6/c1-20-27(14-25(42)15-30(20)37)31-28(22-7-8-22)16-29-32(33(31)46-19-21-5-3-2-4-6-21)38-35(47-26-9-11-45-12-10-26)39-34(29)40-17-24-13-23(40)18-41(24)36(43)44/h2-6,14-16,22-24,26,42H,7-13,17-19H2,1H3,(H,43,44)/t23-,24-/m0/s1. The van der Waals surface area contributed by atoms with Crippen LogP contribution in [0.2, 0.25) is 0 Å². The van der Waals surface area contributed by atoms with Gasteiger partial charge in [-0.05, 0) is 66.5 Å². The molecule has 0 radical (unpaired) electrons. The number of piperazine rings is 1. The summed E-state index contributed by atoms with van der Waals surface area (Å²) in [7, 11) is 0. The highest BCUT2D eigenvalue weighted by Gasteiger charge is 2.47. The van der Waals surface area contributed by atoms with E-state index in [0.29, 0.717) is 72.9 Å². The van der Waals surface area contributed by atoms with Crippen molar-refractivity contribution < 1.29 is 33.6 Å². The van der Waals surface area contributed by atoms with Crippen molar-refractivity contribution in [1.82, 2.24) is 14.9 Å². The number of likely N-dealkylation sites (tertiary alicyclic amines) is 1. The van der Waals surface area contributed by atoms with Crippen molar-refractivity contribution in [2.24, 2.45) is 0 Å². The Morgan fingerprint density at radius 2 is 1.83 bits per heavy atom. The van der Waals surface area contributed by atoms with Crippen molar-refractivity contribution in [3.63, 3.8) is 0 Å². The number of rotatable bonds is 8. The number of hydrogen-bond acceptors (Lipinski definition) is 8. The first kappa shape index (κ1) is 29.7. The van der Waals surface area contributed by atoms with Crippen LogP contribution in [0.25, 0.3) is 22.0 Å². The molecule has 47 heavy (non-hydrogen) atoms. The topological polar surface area (TPSA) is 117 Å². The molecule has 2 atom stereocenters. The number of anilines is 1. The molecular weight excluding hydrogens is 603 g/mol. The lowest BCUT2D eigenvalue weighted by Gasteiger charge is -2.34. The van der Waals surface area contributed by atoms with E-state index < -0.39 is 11.9 Å². The lowest BCUT2D eigenvalue weighted by atomic mass is 9.90. The Kier molecular flexibility index (Phi) is 7.51. The number of benzene rings is 3. The van der Waals surface area contributed by atoms with Gasteiger partial charge in [-0.3, -0.25) is 0 Å². The van der Waals surface area contributed by atoms with Crippen LogP contribution in [-0.4, -0.2) is 75.7 Å². The summed E-state index contributed by atoms with van der Waals surface area (Å²) in [6, 6.07) is 14.7. The Bertz CT molecular complexity index is 1850. The summed E-state index contributed by atoms with van der Waals surface area (Å²) in [6.45, 7) is 4.05. The van der Waals surface area contributed by atoms with Crippen LogP contribution in [0, 0.1) is 12.7 Å². The molecule has 10 nitrogen and oxygen atoms in total. The maximum atomic E-state index is 15.2. The molecule has 4 fully saturated rings. The summed E-state index contributed by atoms with van der Waals surface area (Å²) in [5, 5.41) is 21.1. The summed E-state index contributed by atoms with van der Waals surface area (Å²) < 4.78 is 34.0. The van der Waals surface area contributed by atoms with Crippen LogP contribution < -0.4 is 14.4 Å². The van der Waals surface area contributed by atoms with Gasteiger partial charge in [-0.1, -0.05) is 30.3 Å². The highest BCUT2D eigenvalue weighted by atomic mass is 19.1. The largest absolute Gasteiger partial charge is 0.508 e. The molecule has 11 heteroatoms. The maximum Gasteiger partial charge on any atom is 0.407 e. The number of ether oxygens (including phenoxy) is 3. The van der Waals surface area contributed by atoms with E-state index >= 15 is 4.39 Å². The number of nitrogens with zero attached hydrogens (tertiary/aromatic N) is 4. The second kappa shape index (κ2) is 11.9. The number of hydrogen-bond donors (Lipinski definition) is 2. The molecule has 8 rings (SSSR count). The Labute approximate surface area is 271 Å².